The molecule has 4 rings (SSSR count). The summed E-state index contributed by atoms with van der Waals surface area (Å²) >= 11 is 0. The normalized spacial score (nSPS) is 12.4. The van der Waals surface area contributed by atoms with Gasteiger partial charge in [0.1, 0.15) is 23.0 Å². The lowest BCUT2D eigenvalue weighted by atomic mass is 9.73. The van der Waals surface area contributed by atoms with E-state index in [1.54, 1.807) is 0 Å². The summed E-state index contributed by atoms with van der Waals surface area (Å²) < 4.78 is 179. The maximum absolute atomic E-state index is 14.6. The first-order valence-electron chi connectivity index (χ1n) is 13.2. The van der Waals surface area contributed by atoms with Gasteiger partial charge in [-0.15, -0.1) is 0 Å². The number of halogens is 12. The highest BCUT2D eigenvalue weighted by Gasteiger charge is 2.72. The summed E-state index contributed by atoms with van der Waals surface area (Å²) in [5.41, 5.74) is -11.3. The van der Waals surface area contributed by atoms with Crippen LogP contribution in [0.5, 0.6) is 23.0 Å². The molecule has 0 aliphatic heterocycles. The summed E-state index contributed by atoms with van der Waals surface area (Å²) in [6.45, 7) is 0. The zero-order valence-electron chi connectivity index (χ0n) is 23.8. The average Bonchev–Trinajstić information content (AvgIpc) is 2.98. The Balaban J connectivity index is 1.70. The van der Waals surface area contributed by atoms with Crippen molar-refractivity contribution >= 4 is 11.4 Å². The molecule has 256 valence electrons. The highest BCUT2D eigenvalue weighted by atomic mass is 19.4. The van der Waals surface area contributed by atoms with Crippen LogP contribution in [0, 0.1) is 22.9 Å². The van der Waals surface area contributed by atoms with Crippen molar-refractivity contribution in [2.45, 2.75) is 30.1 Å². The minimum absolute atomic E-state index is 0.423. The first-order chi connectivity index (χ1) is 22.7. The molecule has 0 saturated carbocycles. The standard InChI is InChI=1S/C31H16F12N4O2/c32-28(33,34)23-13-21(9-11-25(23)46-15-44)48-19-5-1-17(2-6-19)27(30(38,39)40,31(41,42)43)18-3-7-20(8-4-18)49-22-10-12-26(47-16-45)24(14-22)29(35,36)37/h1-14,46-47H. The summed E-state index contributed by atoms with van der Waals surface area (Å²) in [6, 6.07) is 8.95. The Morgan fingerprint density at radius 1 is 0.449 bits per heavy atom. The van der Waals surface area contributed by atoms with E-state index in [1.165, 1.54) is 12.4 Å². The molecule has 6 nitrogen and oxygen atoms in total. The zero-order chi connectivity index (χ0) is 36.4. The van der Waals surface area contributed by atoms with Crippen molar-refractivity contribution in [3.8, 4) is 35.4 Å². The molecule has 0 saturated heterocycles. The van der Waals surface area contributed by atoms with Crippen LogP contribution >= 0.6 is 0 Å². The number of hydrogen-bond donors (Lipinski definition) is 2. The Morgan fingerprint density at radius 2 is 0.755 bits per heavy atom. The predicted octanol–water partition coefficient (Wildman–Crippen LogP) is 10.5. The third-order valence-corrected chi connectivity index (χ3v) is 6.87. The first kappa shape index (κ1) is 36.1. The van der Waals surface area contributed by atoms with Crippen LogP contribution in [0.1, 0.15) is 22.3 Å². The summed E-state index contributed by atoms with van der Waals surface area (Å²) in [5, 5.41) is 21.0. The van der Waals surface area contributed by atoms with Gasteiger partial charge in [-0.1, -0.05) is 24.3 Å². The van der Waals surface area contributed by atoms with E-state index in [9.17, 15) is 52.7 Å². The van der Waals surface area contributed by atoms with E-state index in [0.717, 1.165) is 24.3 Å². The van der Waals surface area contributed by atoms with Gasteiger partial charge in [0.05, 0.1) is 22.5 Å². The highest BCUT2D eigenvalue weighted by molar-refractivity contribution is 5.59. The third kappa shape index (κ3) is 7.38. The van der Waals surface area contributed by atoms with E-state index < -0.39 is 86.7 Å². The van der Waals surface area contributed by atoms with Crippen LogP contribution in [0.15, 0.2) is 84.9 Å². The second kappa shape index (κ2) is 13.0. The van der Waals surface area contributed by atoms with E-state index in [0.29, 0.717) is 60.7 Å². The van der Waals surface area contributed by atoms with Gasteiger partial charge in [0.15, 0.2) is 12.4 Å². The van der Waals surface area contributed by atoms with Gasteiger partial charge in [-0.2, -0.15) is 63.2 Å². The monoisotopic (exact) mass is 704 g/mol. The fourth-order valence-corrected chi connectivity index (χ4v) is 4.78. The Labute approximate surface area is 267 Å². The number of nitriles is 2. The highest BCUT2D eigenvalue weighted by Crippen LogP contribution is 2.56. The second-order valence-electron chi connectivity index (χ2n) is 9.88. The van der Waals surface area contributed by atoms with Crippen LogP contribution in [-0.2, 0) is 17.8 Å². The summed E-state index contributed by atoms with van der Waals surface area (Å²) in [6.07, 6.45) is -19.4. The molecule has 0 unspecified atom stereocenters. The van der Waals surface area contributed by atoms with Crippen LogP contribution in [0.3, 0.4) is 0 Å². The number of rotatable bonds is 8. The van der Waals surface area contributed by atoms with Gasteiger partial charge < -0.3 is 9.47 Å². The van der Waals surface area contributed by atoms with E-state index in [1.807, 2.05) is 10.6 Å². The van der Waals surface area contributed by atoms with Gasteiger partial charge >= 0.3 is 24.7 Å². The van der Waals surface area contributed by atoms with Gasteiger partial charge in [-0.3, -0.25) is 10.6 Å². The van der Waals surface area contributed by atoms with Crippen molar-refractivity contribution in [3.05, 3.63) is 107 Å². The number of hydrogen-bond acceptors (Lipinski definition) is 6. The molecule has 49 heavy (non-hydrogen) atoms. The predicted molar refractivity (Wildman–Crippen MR) is 147 cm³/mol. The Morgan fingerprint density at radius 3 is 1.02 bits per heavy atom. The maximum atomic E-state index is 14.6. The molecule has 18 heteroatoms. The fourth-order valence-electron chi connectivity index (χ4n) is 4.78. The van der Waals surface area contributed by atoms with Gasteiger partial charge in [0, 0.05) is 0 Å². The van der Waals surface area contributed by atoms with Gasteiger partial charge in [-0.25, -0.2) is 0 Å². The molecule has 4 aromatic rings. The van der Waals surface area contributed by atoms with Crippen LogP contribution in [-0.4, -0.2) is 12.4 Å². The van der Waals surface area contributed by atoms with Crippen molar-refractivity contribution in [3.63, 3.8) is 0 Å². The number of anilines is 2. The summed E-state index contributed by atoms with van der Waals surface area (Å²) in [7, 11) is 0. The first-order valence-corrected chi connectivity index (χ1v) is 13.2. The molecule has 0 amide bonds. The van der Waals surface area contributed by atoms with Crippen molar-refractivity contribution in [1.29, 1.82) is 10.5 Å². The Kier molecular flexibility index (Phi) is 9.58. The smallest absolute Gasteiger partial charge is 0.418 e. The molecule has 0 atom stereocenters. The summed E-state index contributed by atoms with van der Waals surface area (Å²) in [4.78, 5) is 0. The molecule has 2 N–H and O–H groups in total. The minimum Gasteiger partial charge on any atom is -0.457 e. The van der Waals surface area contributed by atoms with Gasteiger partial charge in [-0.05, 0) is 71.8 Å². The van der Waals surface area contributed by atoms with Crippen LogP contribution in [0.2, 0.25) is 0 Å². The largest absolute Gasteiger partial charge is 0.457 e. The molecule has 0 heterocycles. The van der Waals surface area contributed by atoms with Crippen LogP contribution in [0.25, 0.3) is 0 Å². The van der Waals surface area contributed by atoms with Crippen LogP contribution < -0.4 is 20.1 Å². The number of nitrogens with one attached hydrogen (secondary N) is 2. The van der Waals surface area contributed by atoms with E-state index >= 15 is 0 Å². The number of alkyl halides is 12. The minimum atomic E-state index is -6.04. The van der Waals surface area contributed by atoms with Crippen LogP contribution in [0.4, 0.5) is 64.1 Å². The van der Waals surface area contributed by atoms with E-state index in [2.05, 4.69) is 0 Å². The summed E-state index contributed by atoms with van der Waals surface area (Å²) in [5.74, 6) is -1.88. The molecular weight excluding hydrogens is 688 g/mol. The number of nitrogens with zero attached hydrogens (tertiary/aromatic N) is 2. The quantitative estimate of drug-likeness (QED) is 0.108. The molecule has 0 fully saturated rings. The molecule has 0 spiro atoms. The van der Waals surface area contributed by atoms with Crippen molar-refractivity contribution in [1.82, 2.24) is 0 Å². The van der Waals surface area contributed by atoms with E-state index in [4.69, 9.17) is 20.0 Å². The lowest BCUT2D eigenvalue weighted by Gasteiger charge is -2.38. The molecular formula is C31H16F12N4O2. The molecule has 4 aromatic carbocycles. The average molecular weight is 704 g/mol. The van der Waals surface area contributed by atoms with Gasteiger partial charge in [0.2, 0.25) is 5.41 Å². The third-order valence-electron chi connectivity index (χ3n) is 6.87. The fraction of sp³-hybridized carbons (Fsp3) is 0.161. The Bertz CT molecular complexity index is 1750. The van der Waals surface area contributed by atoms with Crippen molar-refractivity contribution in [2.75, 3.05) is 10.6 Å². The molecule has 0 aliphatic rings. The second-order valence-corrected chi connectivity index (χ2v) is 9.88. The molecule has 0 aromatic heterocycles. The molecule has 0 radical (unpaired) electrons. The molecule has 0 bridgehead atoms. The number of ether oxygens (including phenoxy) is 2. The maximum Gasteiger partial charge on any atom is 0.418 e. The van der Waals surface area contributed by atoms with Crippen molar-refractivity contribution in [2.24, 2.45) is 0 Å². The van der Waals surface area contributed by atoms with Gasteiger partial charge in [0.25, 0.3) is 0 Å². The lowest BCUT2D eigenvalue weighted by Crippen LogP contribution is -2.54. The van der Waals surface area contributed by atoms with Crippen molar-refractivity contribution < 1.29 is 62.2 Å². The molecule has 0 aliphatic carbocycles. The Hall–Kier alpha value is -5.78. The zero-order valence-corrected chi connectivity index (χ0v) is 23.8. The SMILES string of the molecule is N#CNc1ccc(Oc2ccc(C(c3ccc(Oc4ccc(NC#N)c(C(F)(F)F)c4)cc3)(C(F)(F)F)C(F)(F)F)cc2)cc1C(F)(F)F. The van der Waals surface area contributed by atoms with E-state index in [-0.39, 0.29) is 0 Å². The topological polar surface area (TPSA) is 90.1 Å². The number of benzene rings is 4. The lowest BCUT2D eigenvalue weighted by molar-refractivity contribution is -0.288.